The van der Waals surface area contributed by atoms with Crippen LogP contribution >= 0.6 is 0 Å². The molecule has 0 N–H and O–H groups in total. The summed E-state index contributed by atoms with van der Waals surface area (Å²) in [4.78, 5) is 1.06. The molecule has 0 amide bonds. The Labute approximate surface area is 100 Å². The molecule has 0 rings (SSSR count). The van der Waals surface area contributed by atoms with Crippen LogP contribution in [0.15, 0.2) is 9.98 Å². The van der Waals surface area contributed by atoms with Crippen molar-refractivity contribution in [3.8, 4) is 0 Å². The molecular weight excluding hydrogens is 328 g/mol. The molecule has 0 aliphatic rings. The third kappa shape index (κ3) is 3.15. The number of aliphatic imine (C=N–C) groups is 2. The molecule has 0 aromatic rings. The van der Waals surface area contributed by atoms with Crippen LogP contribution in [0.5, 0.6) is 0 Å². The van der Waals surface area contributed by atoms with Gasteiger partial charge in [-0.3, -0.25) is 0 Å². The Morgan fingerprint density at radius 3 is 0.800 bits per heavy atom. The highest BCUT2D eigenvalue weighted by atomic mass is 19.4. The van der Waals surface area contributed by atoms with E-state index < -0.39 is 36.4 Å². The number of hydrogen-bond acceptors (Lipinski definition) is 2. The van der Waals surface area contributed by atoms with Gasteiger partial charge in [0.15, 0.2) is 0 Å². The zero-order valence-corrected chi connectivity index (χ0v) is 8.43. The molecule has 0 aromatic carbocycles. The van der Waals surface area contributed by atoms with Gasteiger partial charge in [0, 0.05) is 0 Å². The van der Waals surface area contributed by atoms with Gasteiger partial charge in [-0.2, -0.15) is 53.9 Å². The molecule has 2 nitrogen and oxygen atoms in total. The maximum absolute atomic E-state index is 13.1. The molecule has 0 aliphatic heterocycles. The maximum atomic E-state index is 13.1. The Morgan fingerprint density at radius 2 is 0.700 bits per heavy atom. The summed E-state index contributed by atoms with van der Waals surface area (Å²) in [5.41, 5.74) is 0. The molecule has 14 heteroatoms. The van der Waals surface area contributed by atoms with Crippen molar-refractivity contribution >= 4 is 12.4 Å². The summed E-state index contributed by atoms with van der Waals surface area (Å²) in [6.07, 6.45) is -22.0. The van der Waals surface area contributed by atoms with Gasteiger partial charge < -0.3 is 0 Å². The molecule has 20 heavy (non-hydrogen) atoms. The molecule has 0 aromatic heterocycles. The van der Waals surface area contributed by atoms with E-state index in [1.807, 2.05) is 0 Å². The smallest absolute Gasteiger partial charge is 0.201 e. The lowest BCUT2D eigenvalue weighted by molar-refractivity contribution is -0.338. The van der Waals surface area contributed by atoms with Gasteiger partial charge in [-0.25, -0.2) is 8.78 Å². The standard InChI is InChI=1S/C6F12N2/c7-1(8)19-3(11,5(13,14)15)4(12,6(16,17)18)20-2(9)10. The van der Waals surface area contributed by atoms with Crippen LogP contribution in [-0.2, 0) is 0 Å². The molecular formula is C6F12N2. The number of nitrogens with zero attached hydrogens (tertiary/aromatic N) is 2. The molecule has 118 valence electrons. The number of alkyl halides is 8. The second-order valence-corrected chi connectivity index (χ2v) is 2.94. The van der Waals surface area contributed by atoms with Crippen molar-refractivity contribution in [3.63, 3.8) is 0 Å². The second-order valence-electron chi connectivity index (χ2n) is 2.94. The Morgan fingerprint density at radius 1 is 0.500 bits per heavy atom. The van der Waals surface area contributed by atoms with Gasteiger partial charge in [-0.05, 0) is 0 Å². The lowest BCUT2D eigenvalue weighted by Gasteiger charge is -2.34. The zero-order valence-electron chi connectivity index (χ0n) is 8.43. The number of hydrogen-bond donors (Lipinski definition) is 0. The first kappa shape index (κ1) is 18.5. The molecule has 0 radical (unpaired) electrons. The summed E-state index contributed by atoms with van der Waals surface area (Å²) >= 11 is 0. The van der Waals surface area contributed by atoms with Crippen LogP contribution in [-0.4, -0.2) is 36.4 Å². The molecule has 0 saturated heterocycles. The minimum atomic E-state index is -7.06. The third-order valence-electron chi connectivity index (χ3n) is 1.67. The Bertz CT molecular complexity index is 373. The molecule has 0 spiro atoms. The van der Waals surface area contributed by atoms with Gasteiger partial charge in [0.2, 0.25) is 0 Å². The molecule has 0 fully saturated rings. The Balaban J connectivity index is 6.51. The topological polar surface area (TPSA) is 24.7 Å². The fraction of sp³-hybridized carbons (Fsp3) is 0.667. The Hall–Kier alpha value is -1.50. The predicted octanol–water partition coefficient (Wildman–Crippen LogP) is 4.03. The molecule has 0 aliphatic carbocycles. The van der Waals surface area contributed by atoms with E-state index in [9.17, 15) is 52.7 Å². The lowest BCUT2D eigenvalue weighted by Crippen LogP contribution is -2.63. The SMILES string of the molecule is FC(F)=NC(F)(C(F)(F)F)C(F)(N=C(F)F)C(F)(F)F. The normalized spacial score (nSPS) is 18.8. The first-order valence-corrected chi connectivity index (χ1v) is 3.91. The van der Waals surface area contributed by atoms with Crippen molar-refractivity contribution in [1.82, 2.24) is 0 Å². The minimum absolute atomic E-state index is 0.528. The largest absolute Gasteiger partial charge is 0.449 e. The summed E-state index contributed by atoms with van der Waals surface area (Å²) < 4.78 is 145. The van der Waals surface area contributed by atoms with Gasteiger partial charge in [-0.15, -0.1) is 0 Å². The van der Waals surface area contributed by atoms with Crippen molar-refractivity contribution in [1.29, 1.82) is 0 Å². The first-order chi connectivity index (χ1) is 8.58. The maximum Gasteiger partial charge on any atom is 0.449 e. The Kier molecular flexibility index (Phi) is 4.74. The van der Waals surface area contributed by atoms with Crippen molar-refractivity contribution < 1.29 is 52.7 Å². The van der Waals surface area contributed by atoms with Crippen LogP contribution in [0.4, 0.5) is 52.7 Å². The van der Waals surface area contributed by atoms with Crippen LogP contribution in [0.2, 0.25) is 0 Å². The fourth-order valence-electron chi connectivity index (χ4n) is 0.884. The van der Waals surface area contributed by atoms with Crippen LogP contribution in [0.3, 0.4) is 0 Å². The molecule has 2 atom stereocenters. The first-order valence-electron chi connectivity index (χ1n) is 3.91. The highest BCUT2D eigenvalue weighted by molar-refractivity contribution is 5.66. The lowest BCUT2D eigenvalue weighted by atomic mass is 10.0. The van der Waals surface area contributed by atoms with Crippen molar-refractivity contribution in [2.45, 2.75) is 23.9 Å². The van der Waals surface area contributed by atoms with Gasteiger partial charge in [-0.1, -0.05) is 0 Å². The molecule has 0 saturated carbocycles. The van der Waals surface area contributed by atoms with Crippen LogP contribution in [0.25, 0.3) is 0 Å². The van der Waals surface area contributed by atoms with Crippen molar-refractivity contribution in [2.24, 2.45) is 9.98 Å². The van der Waals surface area contributed by atoms with E-state index in [1.165, 1.54) is 0 Å². The summed E-state index contributed by atoms with van der Waals surface area (Å²) in [5, 5.41) is 0. The summed E-state index contributed by atoms with van der Waals surface area (Å²) in [5.74, 6) is -13.6. The summed E-state index contributed by atoms with van der Waals surface area (Å²) in [6, 6.07) is 0. The molecule has 2 unspecified atom stereocenters. The molecule has 0 bridgehead atoms. The minimum Gasteiger partial charge on any atom is -0.201 e. The van der Waals surface area contributed by atoms with E-state index in [2.05, 4.69) is 0 Å². The summed E-state index contributed by atoms with van der Waals surface area (Å²) in [7, 11) is 0. The van der Waals surface area contributed by atoms with E-state index in [1.54, 1.807) is 0 Å². The second kappa shape index (κ2) is 5.12. The zero-order chi connectivity index (χ0) is 16.6. The predicted molar refractivity (Wildman–Crippen MR) is 39.1 cm³/mol. The average Bonchev–Trinajstić information content (AvgIpc) is 2.10. The molecule has 0 heterocycles. The van der Waals surface area contributed by atoms with Gasteiger partial charge in [0.1, 0.15) is 0 Å². The van der Waals surface area contributed by atoms with E-state index in [4.69, 9.17) is 0 Å². The van der Waals surface area contributed by atoms with E-state index in [0.29, 0.717) is 9.98 Å². The van der Waals surface area contributed by atoms with E-state index in [0.717, 1.165) is 0 Å². The number of halogens is 12. The number of rotatable bonds is 3. The van der Waals surface area contributed by atoms with Gasteiger partial charge >= 0.3 is 36.4 Å². The highest BCUT2D eigenvalue weighted by Crippen LogP contribution is 2.53. The van der Waals surface area contributed by atoms with Crippen LogP contribution in [0.1, 0.15) is 0 Å². The van der Waals surface area contributed by atoms with Crippen molar-refractivity contribution in [3.05, 3.63) is 0 Å². The quantitative estimate of drug-likeness (QED) is 0.425. The van der Waals surface area contributed by atoms with E-state index in [-0.39, 0.29) is 0 Å². The summed E-state index contributed by atoms with van der Waals surface area (Å²) in [6.45, 7) is 0. The van der Waals surface area contributed by atoms with E-state index >= 15 is 0 Å². The van der Waals surface area contributed by atoms with Gasteiger partial charge in [0.25, 0.3) is 0 Å². The third-order valence-corrected chi connectivity index (χ3v) is 1.67. The van der Waals surface area contributed by atoms with Gasteiger partial charge in [0.05, 0.1) is 0 Å². The fourth-order valence-corrected chi connectivity index (χ4v) is 0.884. The van der Waals surface area contributed by atoms with Crippen LogP contribution < -0.4 is 0 Å². The monoisotopic (exact) mass is 328 g/mol. The highest BCUT2D eigenvalue weighted by Gasteiger charge is 2.82. The average molecular weight is 328 g/mol. The van der Waals surface area contributed by atoms with Crippen molar-refractivity contribution in [2.75, 3.05) is 0 Å². The van der Waals surface area contributed by atoms with Crippen LogP contribution in [0, 0.1) is 0 Å².